The second kappa shape index (κ2) is 12.4. The molecule has 0 N–H and O–H groups in total. The summed E-state index contributed by atoms with van der Waals surface area (Å²) in [6.45, 7) is 0. The lowest BCUT2D eigenvalue weighted by Crippen LogP contribution is -1.85. The average molecular weight is 705 g/mol. The Labute approximate surface area is 316 Å². The van der Waals surface area contributed by atoms with E-state index in [9.17, 15) is 0 Å². The summed E-state index contributed by atoms with van der Waals surface area (Å²) in [5.41, 5.74) is 9.12. The van der Waals surface area contributed by atoms with Crippen LogP contribution in [0.2, 0.25) is 0 Å². The Hall–Kier alpha value is -6.74. The van der Waals surface area contributed by atoms with Crippen LogP contribution < -0.4 is 0 Å². The second-order valence-corrected chi connectivity index (χ2v) is 15.0. The van der Waals surface area contributed by atoms with Crippen LogP contribution in [0, 0.1) is 0 Å². The van der Waals surface area contributed by atoms with E-state index in [1.54, 1.807) is 0 Å². The van der Waals surface area contributed by atoms with E-state index in [-0.39, 0.29) is 0 Å². The van der Waals surface area contributed by atoms with Gasteiger partial charge in [-0.05, 0) is 90.6 Å². The number of thiophene rings is 1. The van der Waals surface area contributed by atoms with Crippen molar-refractivity contribution in [3.05, 3.63) is 194 Å². The van der Waals surface area contributed by atoms with Gasteiger partial charge in [0.15, 0.2) is 0 Å². The Balaban J connectivity index is 1.03. The molecule has 9 aromatic carbocycles. The molecule has 2 aromatic heterocycles. The van der Waals surface area contributed by atoms with Gasteiger partial charge in [0, 0.05) is 36.3 Å². The van der Waals surface area contributed by atoms with Gasteiger partial charge in [-0.3, -0.25) is 0 Å². The minimum atomic E-state index is 0.934. The van der Waals surface area contributed by atoms with Crippen LogP contribution in [0.4, 0.5) is 0 Å². The third-order valence-corrected chi connectivity index (χ3v) is 12.2. The highest BCUT2D eigenvalue weighted by molar-refractivity contribution is 7.26. The predicted octanol–water partition coefficient (Wildman–Crippen LogP) is 15.5. The van der Waals surface area contributed by atoms with Crippen molar-refractivity contribution in [2.45, 2.75) is 0 Å². The smallest absolute Gasteiger partial charge is 0.136 e. The molecule has 2 heteroatoms. The fourth-order valence-electron chi connectivity index (χ4n) is 8.40. The maximum atomic E-state index is 6.21. The van der Waals surface area contributed by atoms with Gasteiger partial charge in [-0.25, -0.2) is 0 Å². The van der Waals surface area contributed by atoms with Crippen LogP contribution in [-0.2, 0) is 0 Å². The Morgan fingerprint density at radius 2 is 0.889 bits per heavy atom. The number of rotatable bonds is 3. The van der Waals surface area contributed by atoms with Gasteiger partial charge in [0.25, 0.3) is 0 Å². The first-order valence-corrected chi connectivity index (χ1v) is 19.2. The fourth-order valence-corrected chi connectivity index (χ4v) is 9.61. The summed E-state index contributed by atoms with van der Waals surface area (Å²) < 4.78 is 8.83. The van der Waals surface area contributed by atoms with E-state index in [0.717, 1.165) is 11.2 Å². The average Bonchev–Trinajstić information content (AvgIpc) is 3.81. The van der Waals surface area contributed by atoms with E-state index in [1.165, 1.54) is 96.6 Å². The lowest BCUT2D eigenvalue weighted by Gasteiger charge is -2.12. The van der Waals surface area contributed by atoms with Gasteiger partial charge in [-0.2, -0.15) is 0 Å². The van der Waals surface area contributed by atoms with Gasteiger partial charge in [0.2, 0.25) is 0 Å². The van der Waals surface area contributed by atoms with Gasteiger partial charge < -0.3 is 4.42 Å². The monoisotopic (exact) mass is 704 g/mol. The number of furan rings is 1. The number of hydrogen-bond donors (Lipinski definition) is 0. The van der Waals surface area contributed by atoms with Crippen LogP contribution in [0.15, 0.2) is 199 Å². The van der Waals surface area contributed by atoms with Gasteiger partial charge in [0.1, 0.15) is 11.2 Å². The first-order chi connectivity index (χ1) is 26.8. The van der Waals surface area contributed by atoms with Crippen molar-refractivity contribution in [1.29, 1.82) is 0 Å². The van der Waals surface area contributed by atoms with Crippen LogP contribution in [0.1, 0.15) is 0 Å². The number of hydrogen-bond acceptors (Lipinski definition) is 2. The highest BCUT2D eigenvalue weighted by atomic mass is 32.1. The summed E-state index contributed by atoms with van der Waals surface area (Å²) in [6, 6.07) is 70.4. The minimum absolute atomic E-state index is 0.934. The lowest BCUT2D eigenvalue weighted by molar-refractivity contribution is 0.669. The van der Waals surface area contributed by atoms with Crippen molar-refractivity contribution < 1.29 is 4.42 Å². The third-order valence-electron chi connectivity index (χ3n) is 10.9. The minimum Gasteiger partial charge on any atom is -0.456 e. The molecule has 0 spiro atoms. The number of benzene rings is 8. The van der Waals surface area contributed by atoms with Crippen LogP contribution >= 0.6 is 11.3 Å². The summed E-state index contributed by atoms with van der Waals surface area (Å²) in [5.74, 6) is 0. The summed E-state index contributed by atoms with van der Waals surface area (Å²) in [4.78, 5) is 0. The topological polar surface area (TPSA) is 13.1 Å². The molecular formula is C52H32OS. The maximum Gasteiger partial charge on any atom is 0.136 e. The van der Waals surface area contributed by atoms with E-state index in [0.29, 0.717) is 0 Å². The molecule has 2 heterocycles. The van der Waals surface area contributed by atoms with Crippen LogP contribution in [0.5, 0.6) is 0 Å². The molecule has 0 aliphatic heterocycles. The van der Waals surface area contributed by atoms with E-state index in [1.807, 2.05) is 17.4 Å². The molecule has 0 unspecified atom stereocenters. The lowest BCUT2D eigenvalue weighted by atomic mass is 9.92. The highest BCUT2D eigenvalue weighted by Gasteiger charge is 2.15. The Morgan fingerprint density at radius 1 is 0.315 bits per heavy atom. The quantitative estimate of drug-likeness (QED) is 0.178. The second-order valence-electron chi connectivity index (χ2n) is 14.0. The molecule has 0 fully saturated rings. The molecule has 0 saturated carbocycles. The molecule has 54 heavy (non-hydrogen) atoms. The van der Waals surface area contributed by atoms with E-state index in [4.69, 9.17) is 4.42 Å². The molecule has 0 saturated heterocycles. The SMILES string of the molecule is c1cccc(-c2cccc3ccccc23)c2ccccc2c(-c2ccc(-c3ccc4sc5c(ccc6c5ccc5oc7ccccc7c56)c4c3)cc2)cc1. The molecule has 0 aliphatic carbocycles. The van der Waals surface area contributed by atoms with Crippen LogP contribution in [0.25, 0.3) is 108 Å². The van der Waals surface area contributed by atoms with Gasteiger partial charge in [-0.15, -0.1) is 11.3 Å². The van der Waals surface area contributed by atoms with Gasteiger partial charge in [0.05, 0.1) is 0 Å². The first kappa shape index (κ1) is 30.8. The fraction of sp³-hybridized carbons (Fsp3) is 0. The maximum absolute atomic E-state index is 6.21. The van der Waals surface area contributed by atoms with Crippen molar-refractivity contribution in [2.24, 2.45) is 0 Å². The van der Waals surface area contributed by atoms with Gasteiger partial charge in [-0.1, -0.05) is 164 Å². The third kappa shape index (κ3) is 4.92. The zero-order valence-corrected chi connectivity index (χ0v) is 30.1. The van der Waals surface area contributed by atoms with Crippen molar-refractivity contribution in [2.75, 3.05) is 0 Å². The zero-order valence-electron chi connectivity index (χ0n) is 29.3. The summed E-state index contributed by atoms with van der Waals surface area (Å²) in [5, 5.41) is 12.4. The Morgan fingerprint density at radius 3 is 1.74 bits per heavy atom. The highest BCUT2D eigenvalue weighted by Crippen LogP contribution is 2.44. The van der Waals surface area contributed by atoms with Crippen molar-refractivity contribution in [3.8, 4) is 33.4 Å². The summed E-state index contributed by atoms with van der Waals surface area (Å²) in [6.07, 6.45) is 0. The van der Waals surface area contributed by atoms with Crippen molar-refractivity contribution >= 4 is 85.8 Å². The molecule has 252 valence electrons. The number of para-hydroxylation sites is 1. The molecule has 0 atom stereocenters. The van der Waals surface area contributed by atoms with Crippen LogP contribution in [-0.4, -0.2) is 0 Å². The van der Waals surface area contributed by atoms with E-state index >= 15 is 0 Å². The zero-order chi connectivity index (χ0) is 35.6. The van der Waals surface area contributed by atoms with E-state index < -0.39 is 0 Å². The molecule has 11 rings (SSSR count). The summed E-state index contributed by atoms with van der Waals surface area (Å²) in [7, 11) is 0. The summed E-state index contributed by atoms with van der Waals surface area (Å²) >= 11 is 1.88. The normalized spacial score (nSPS) is 11.7. The standard InChI is InChI=1S/C52H32OS/c1-2-4-16-41(40-20-11-13-34-12-5-6-15-37(34)40)42-18-8-7-17-39(42)38(14-3-1)35-24-22-33(23-25-35)36-26-31-50-47(32-36)45-28-27-43-44(52(45)54-50)29-30-49-51(43)46-19-9-10-21-48(46)53-49/h1-32H. The number of fused-ring (bicyclic) bond motifs is 11. The van der Waals surface area contributed by atoms with Crippen LogP contribution in [0.3, 0.4) is 0 Å². The van der Waals surface area contributed by atoms with Crippen molar-refractivity contribution in [3.63, 3.8) is 0 Å². The molecule has 1 nitrogen and oxygen atoms in total. The Kier molecular flexibility index (Phi) is 7.11. The molecule has 11 aromatic rings. The largest absolute Gasteiger partial charge is 0.456 e. The van der Waals surface area contributed by atoms with Gasteiger partial charge >= 0.3 is 0 Å². The van der Waals surface area contributed by atoms with Crippen molar-refractivity contribution in [1.82, 2.24) is 0 Å². The molecular weight excluding hydrogens is 673 g/mol. The molecule has 0 bridgehead atoms. The molecule has 0 aliphatic rings. The first-order valence-electron chi connectivity index (χ1n) is 18.4. The molecule has 0 amide bonds. The Bertz CT molecular complexity index is 3320. The van der Waals surface area contributed by atoms with E-state index in [2.05, 4.69) is 188 Å². The molecule has 0 radical (unpaired) electrons. The predicted molar refractivity (Wildman–Crippen MR) is 233 cm³/mol.